The third kappa shape index (κ3) is 6.51. The van der Waals surface area contributed by atoms with Crippen LogP contribution in [0.2, 0.25) is 0 Å². The van der Waals surface area contributed by atoms with Gasteiger partial charge in [-0.15, -0.1) is 10.2 Å². The van der Waals surface area contributed by atoms with Gasteiger partial charge in [-0.3, -0.25) is 0 Å². The lowest BCUT2D eigenvalue weighted by Crippen LogP contribution is -2.26. The van der Waals surface area contributed by atoms with Crippen molar-refractivity contribution in [3.63, 3.8) is 0 Å². The number of nitrogens with two attached hydrogens (primary N) is 1. The summed E-state index contributed by atoms with van der Waals surface area (Å²) in [6.45, 7) is 14.8. The van der Waals surface area contributed by atoms with Crippen LogP contribution in [0.3, 0.4) is 0 Å². The zero-order valence-electron chi connectivity index (χ0n) is 22.5. The van der Waals surface area contributed by atoms with E-state index in [0.717, 1.165) is 35.7 Å². The monoisotopic (exact) mass is 511 g/mol. The van der Waals surface area contributed by atoms with Crippen molar-refractivity contribution in [1.82, 2.24) is 0 Å². The molecule has 0 unspecified atom stereocenters. The molecule has 7 heteroatoms. The van der Waals surface area contributed by atoms with Crippen LogP contribution in [0.4, 0.5) is 30.2 Å². The number of azo groups is 1. The SMILES string of the molecule is CC(C)(C)CC(C)(C)c1cc(N=Nc2cc(C(F)(F)F)ccc2N)c(O)c(C(C)(C)c2ccccc2)c1. The van der Waals surface area contributed by atoms with Crippen LogP contribution in [-0.2, 0) is 17.0 Å². The summed E-state index contributed by atoms with van der Waals surface area (Å²) in [4.78, 5) is 0. The summed E-state index contributed by atoms with van der Waals surface area (Å²) >= 11 is 0. The molecule has 4 nitrogen and oxygen atoms in total. The fourth-order valence-electron chi connectivity index (χ4n) is 4.92. The molecule has 0 aliphatic rings. The normalized spacial score (nSPS) is 13.4. The molecule has 198 valence electrons. The van der Waals surface area contributed by atoms with E-state index in [9.17, 15) is 18.3 Å². The molecule has 0 heterocycles. The fourth-order valence-corrected chi connectivity index (χ4v) is 4.92. The summed E-state index contributed by atoms with van der Waals surface area (Å²) in [6, 6.07) is 16.5. The van der Waals surface area contributed by atoms with Crippen LogP contribution in [0.1, 0.15) is 77.1 Å². The van der Waals surface area contributed by atoms with Crippen molar-refractivity contribution < 1.29 is 18.3 Å². The lowest BCUT2D eigenvalue weighted by Gasteiger charge is -2.35. The zero-order valence-corrected chi connectivity index (χ0v) is 22.5. The van der Waals surface area contributed by atoms with E-state index in [1.165, 1.54) is 0 Å². The van der Waals surface area contributed by atoms with Gasteiger partial charge in [0.05, 0.1) is 11.3 Å². The van der Waals surface area contributed by atoms with Crippen LogP contribution < -0.4 is 5.73 Å². The van der Waals surface area contributed by atoms with Gasteiger partial charge >= 0.3 is 6.18 Å². The van der Waals surface area contributed by atoms with E-state index in [0.29, 0.717) is 5.56 Å². The standard InChI is InChI=1S/C30H36F3N3O/c1-27(2,3)18-28(4,5)21-15-22(29(6,7)19-11-9-8-10-12-19)26(37)25(17-21)36-35-24-16-20(30(31,32)33)13-14-23(24)34/h8-17,37H,18,34H2,1-7H3. The van der Waals surface area contributed by atoms with Gasteiger partial charge in [-0.1, -0.05) is 84.9 Å². The minimum absolute atomic E-state index is 0.0324. The number of hydrogen-bond donors (Lipinski definition) is 2. The molecule has 0 aliphatic carbocycles. The molecular formula is C30H36F3N3O. The zero-order chi connectivity index (χ0) is 27.8. The van der Waals surface area contributed by atoms with Crippen molar-refractivity contribution in [2.24, 2.45) is 15.6 Å². The second-order valence-electron chi connectivity index (χ2n) is 12.0. The van der Waals surface area contributed by atoms with Crippen LogP contribution in [0, 0.1) is 5.41 Å². The fraction of sp³-hybridized carbons (Fsp3) is 0.400. The van der Waals surface area contributed by atoms with E-state index in [1.807, 2.05) is 50.2 Å². The number of phenolic OH excluding ortho intramolecular Hbond substituents is 1. The topological polar surface area (TPSA) is 71.0 Å². The Labute approximate surface area is 217 Å². The molecule has 0 aromatic heterocycles. The van der Waals surface area contributed by atoms with Gasteiger partial charge in [-0.25, -0.2) is 0 Å². The molecule has 0 saturated heterocycles. The van der Waals surface area contributed by atoms with Crippen molar-refractivity contribution in [2.75, 3.05) is 5.73 Å². The molecule has 0 bridgehead atoms. The molecule has 3 aromatic carbocycles. The number of aromatic hydroxyl groups is 1. The first-order valence-electron chi connectivity index (χ1n) is 12.2. The van der Waals surface area contributed by atoms with Gasteiger partial charge in [-0.2, -0.15) is 13.2 Å². The number of nitrogens with zero attached hydrogens (tertiary/aromatic N) is 2. The van der Waals surface area contributed by atoms with Gasteiger partial charge in [0.2, 0.25) is 0 Å². The van der Waals surface area contributed by atoms with Gasteiger partial charge in [0.25, 0.3) is 0 Å². The van der Waals surface area contributed by atoms with E-state index in [-0.39, 0.29) is 33.6 Å². The molecule has 0 saturated carbocycles. The largest absolute Gasteiger partial charge is 0.505 e. The Morgan fingerprint density at radius 2 is 1.30 bits per heavy atom. The van der Waals surface area contributed by atoms with E-state index in [4.69, 9.17) is 5.73 Å². The molecule has 3 N–H and O–H groups in total. The molecule has 3 aromatic rings. The van der Waals surface area contributed by atoms with Crippen LogP contribution in [0.15, 0.2) is 70.9 Å². The Hall–Kier alpha value is -3.35. The van der Waals surface area contributed by atoms with E-state index < -0.39 is 17.2 Å². The van der Waals surface area contributed by atoms with Crippen molar-refractivity contribution in [3.05, 3.63) is 82.9 Å². The molecule has 3 rings (SSSR count). The number of anilines is 1. The van der Waals surface area contributed by atoms with Gasteiger partial charge < -0.3 is 10.8 Å². The first kappa shape index (κ1) is 28.2. The lowest BCUT2D eigenvalue weighted by molar-refractivity contribution is -0.137. The Kier molecular flexibility index (Phi) is 7.51. The predicted molar refractivity (Wildman–Crippen MR) is 144 cm³/mol. The van der Waals surface area contributed by atoms with Crippen LogP contribution in [0.25, 0.3) is 0 Å². The Morgan fingerprint density at radius 3 is 1.86 bits per heavy atom. The quantitative estimate of drug-likeness (QED) is 0.255. The highest BCUT2D eigenvalue weighted by Gasteiger charge is 2.33. The summed E-state index contributed by atoms with van der Waals surface area (Å²) in [7, 11) is 0. The maximum atomic E-state index is 13.2. The molecule has 0 spiro atoms. The number of halogens is 3. The molecule has 0 amide bonds. The highest BCUT2D eigenvalue weighted by molar-refractivity contribution is 5.65. The summed E-state index contributed by atoms with van der Waals surface area (Å²) in [5, 5.41) is 19.6. The first-order valence-corrected chi connectivity index (χ1v) is 12.2. The molecule has 0 fully saturated rings. The third-order valence-corrected chi connectivity index (χ3v) is 6.64. The molecular weight excluding hydrogens is 475 g/mol. The van der Waals surface area contributed by atoms with E-state index in [2.05, 4.69) is 44.8 Å². The van der Waals surface area contributed by atoms with Gasteiger partial charge in [-0.05, 0) is 52.6 Å². The van der Waals surface area contributed by atoms with E-state index in [1.54, 1.807) is 6.07 Å². The second kappa shape index (κ2) is 9.84. The van der Waals surface area contributed by atoms with Crippen molar-refractivity contribution >= 4 is 17.1 Å². The summed E-state index contributed by atoms with van der Waals surface area (Å²) in [5.41, 5.74) is 6.92. The molecule has 0 atom stereocenters. The summed E-state index contributed by atoms with van der Waals surface area (Å²) in [5.74, 6) is -0.0709. The minimum Gasteiger partial charge on any atom is -0.505 e. The third-order valence-electron chi connectivity index (χ3n) is 6.64. The highest BCUT2D eigenvalue weighted by atomic mass is 19.4. The van der Waals surface area contributed by atoms with Crippen molar-refractivity contribution in [3.8, 4) is 5.75 Å². The van der Waals surface area contributed by atoms with Gasteiger partial charge in [0.1, 0.15) is 17.1 Å². The van der Waals surface area contributed by atoms with Crippen LogP contribution in [-0.4, -0.2) is 5.11 Å². The summed E-state index contributed by atoms with van der Waals surface area (Å²) in [6.07, 6.45) is -3.68. The van der Waals surface area contributed by atoms with Gasteiger partial charge in [0, 0.05) is 11.0 Å². The number of hydrogen-bond acceptors (Lipinski definition) is 4. The average Bonchev–Trinajstić information content (AvgIpc) is 2.77. The van der Waals surface area contributed by atoms with Crippen molar-refractivity contribution in [2.45, 2.75) is 71.9 Å². The number of rotatable bonds is 6. The van der Waals surface area contributed by atoms with Gasteiger partial charge in [0.15, 0.2) is 0 Å². The minimum atomic E-state index is -4.54. The Bertz CT molecular complexity index is 1290. The molecule has 0 radical (unpaired) electrons. The maximum absolute atomic E-state index is 13.2. The van der Waals surface area contributed by atoms with Crippen LogP contribution in [0.5, 0.6) is 5.75 Å². The number of nitrogen functional groups attached to an aromatic ring is 1. The summed E-state index contributed by atoms with van der Waals surface area (Å²) < 4.78 is 39.7. The Balaban J connectivity index is 2.21. The molecule has 0 aliphatic heterocycles. The number of benzene rings is 3. The highest BCUT2D eigenvalue weighted by Crippen LogP contribution is 2.47. The predicted octanol–water partition coefficient (Wildman–Crippen LogP) is 9.45. The molecule has 37 heavy (non-hydrogen) atoms. The maximum Gasteiger partial charge on any atom is 0.416 e. The average molecular weight is 512 g/mol. The number of alkyl halides is 3. The lowest BCUT2D eigenvalue weighted by atomic mass is 9.70. The first-order chi connectivity index (χ1) is 16.9. The van der Waals surface area contributed by atoms with E-state index >= 15 is 0 Å². The Morgan fingerprint density at radius 1 is 0.730 bits per heavy atom. The smallest absolute Gasteiger partial charge is 0.416 e. The van der Waals surface area contributed by atoms with Crippen LogP contribution >= 0.6 is 0 Å². The second-order valence-corrected chi connectivity index (χ2v) is 12.0. The number of phenols is 1. The van der Waals surface area contributed by atoms with Crippen molar-refractivity contribution in [1.29, 1.82) is 0 Å².